The van der Waals surface area contributed by atoms with Crippen LogP contribution in [0.25, 0.3) is 0 Å². The number of rotatable bonds is 1. The van der Waals surface area contributed by atoms with E-state index in [0.717, 1.165) is 12.3 Å². The Morgan fingerprint density at radius 3 is 2.00 bits per heavy atom. The van der Waals surface area contributed by atoms with Gasteiger partial charge in [0.15, 0.2) is 0 Å². The van der Waals surface area contributed by atoms with Crippen LogP contribution in [-0.4, -0.2) is 21.4 Å². The SMILES string of the molecule is CC.Cc1cncc(C(O)(O)C(F)(F)F)c1. The van der Waals surface area contributed by atoms with Crippen molar-refractivity contribution in [1.82, 2.24) is 4.98 Å². The minimum atomic E-state index is -5.14. The standard InChI is InChI=1S/C8H8F3NO2.C2H6/c1-5-2-6(4-12-3-5)7(13,14)8(9,10)11;1-2/h2-4,13-14H,1H3;1-2H3. The van der Waals surface area contributed by atoms with Crippen molar-refractivity contribution in [3.05, 3.63) is 29.6 Å². The van der Waals surface area contributed by atoms with Gasteiger partial charge in [-0.3, -0.25) is 4.98 Å². The minimum Gasteiger partial charge on any atom is -0.355 e. The second kappa shape index (κ2) is 5.27. The molecule has 0 aliphatic carbocycles. The molecule has 0 saturated carbocycles. The first kappa shape index (κ1) is 14.9. The number of aryl methyl sites for hydroxylation is 1. The van der Waals surface area contributed by atoms with Crippen molar-refractivity contribution in [1.29, 1.82) is 0 Å². The lowest BCUT2D eigenvalue weighted by Gasteiger charge is -2.24. The molecule has 3 nitrogen and oxygen atoms in total. The molecule has 0 fully saturated rings. The monoisotopic (exact) mass is 237 g/mol. The lowest BCUT2D eigenvalue weighted by Crippen LogP contribution is -2.42. The van der Waals surface area contributed by atoms with Gasteiger partial charge in [0.05, 0.1) is 0 Å². The summed E-state index contributed by atoms with van der Waals surface area (Å²) in [5, 5.41) is 17.7. The summed E-state index contributed by atoms with van der Waals surface area (Å²) in [5.41, 5.74) is -0.274. The summed E-state index contributed by atoms with van der Waals surface area (Å²) in [6, 6.07) is 1.01. The van der Waals surface area contributed by atoms with Crippen LogP contribution in [0.4, 0.5) is 13.2 Å². The van der Waals surface area contributed by atoms with E-state index in [1.54, 1.807) is 0 Å². The van der Waals surface area contributed by atoms with E-state index in [9.17, 15) is 13.2 Å². The number of nitrogens with zero attached hydrogens (tertiary/aromatic N) is 1. The van der Waals surface area contributed by atoms with Gasteiger partial charge in [0.25, 0.3) is 5.79 Å². The van der Waals surface area contributed by atoms with Gasteiger partial charge in [-0.1, -0.05) is 13.8 Å². The minimum absolute atomic E-state index is 0.416. The van der Waals surface area contributed by atoms with Crippen molar-refractivity contribution in [2.75, 3.05) is 0 Å². The molecule has 16 heavy (non-hydrogen) atoms. The molecule has 92 valence electrons. The third-order valence-electron chi connectivity index (χ3n) is 1.67. The fraction of sp³-hybridized carbons (Fsp3) is 0.500. The zero-order valence-corrected chi connectivity index (χ0v) is 9.21. The Balaban J connectivity index is 0.00000106. The molecule has 1 rings (SSSR count). The van der Waals surface area contributed by atoms with Crippen LogP contribution in [0.15, 0.2) is 18.5 Å². The Kier molecular flexibility index (Phi) is 4.89. The van der Waals surface area contributed by atoms with E-state index in [-0.39, 0.29) is 0 Å². The average Bonchev–Trinajstić information content (AvgIpc) is 2.19. The second-order valence-corrected chi connectivity index (χ2v) is 2.92. The number of aromatic nitrogens is 1. The second-order valence-electron chi connectivity index (χ2n) is 2.92. The highest BCUT2D eigenvalue weighted by Gasteiger charge is 2.54. The summed E-state index contributed by atoms with van der Waals surface area (Å²) in [6.07, 6.45) is -3.06. The van der Waals surface area contributed by atoms with Gasteiger partial charge < -0.3 is 10.2 Å². The van der Waals surface area contributed by atoms with Crippen molar-refractivity contribution >= 4 is 0 Å². The summed E-state index contributed by atoms with van der Waals surface area (Å²) in [7, 11) is 0. The third kappa shape index (κ3) is 3.18. The highest BCUT2D eigenvalue weighted by Crippen LogP contribution is 2.36. The van der Waals surface area contributed by atoms with E-state index < -0.39 is 17.5 Å². The van der Waals surface area contributed by atoms with Crippen molar-refractivity contribution in [3.8, 4) is 0 Å². The Bertz CT molecular complexity index is 337. The molecule has 0 aromatic carbocycles. The van der Waals surface area contributed by atoms with E-state index in [4.69, 9.17) is 10.2 Å². The number of halogens is 3. The number of alkyl halides is 3. The summed E-state index contributed by atoms with van der Waals surface area (Å²) in [5.74, 6) is -3.84. The summed E-state index contributed by atoms with van der Waals surface area (Å²) < 4.78 is 36.4. The van der Waals surface area contributed by atoms with Crippen molar-refractivity contribution < 1.29 is 23.4 Å². The van der Waals surface area contributed by atoms with E-state index in [1.165, 1.54) is 13.1 Å². The molecule has 0 saturated heterocycles. The van der Waals surface area contributed by atoms with E-state index in [2.05, 4.69) is 4.98 Å². The zero-order chi connectivity index (χ0) is 13.0. The van der Waals surface area contributed by atoms with Crippen molar-refractivity contribution in [2.24, 2.45) is 0 Å². The lowest BCUT2D eigenvalue weighted by atomic mass is 10.1. The Morgan fingerprint density at radius 2 is 1.62 bits per heavy atom. The van der Waals surface area contributed by atoms with Gasteiger partial charge in [-0.25, -0.2) is 0 Å². The average molecular weight is 237 g/mol. The van der Waals surface area contributed by atoms with E-state index in [1.807, 2.05) is 13.8 Å². The molecule has 0 radical (unpaired) electrons. The number of aliphatic hydroxyl groups is 2. The quantitative estimate of drug-likeness (QED) is 0.735. The normalized spacial score (nSPS) is 11.8. The van der Waals surface area contributed by atoms with Crippen molar-refractivity contribution in [2.45, 2.75) is 32.7 Å². The molecule has 6 heteroatoms. The zero-order valence-electron chi connectivity index (χ0n) is 9.21. The topological polar surface area (TPSA) is 53.4 Å². The van der Waals surface area contributed by atoms with Crippen LogP contribution in [0.3, 0.4) is 0 Å². The maximum atomic E-state index is 12.1. The van der Waals surface area contributed by atoms with Crippen LogP contribution < -0.4 is 0 Å². The number of hydrogen-bond acceptors (Lipinski definition) is 3. The Morgan fingerprint density at radius 1 is 1.12 bits per heavy atom. The first-order valence-corrected chi connectivity index (χ1v) is 4.69. The maximum Gasteiger partial charge on any atom is 0.447 e. The molecule has 0 unspecified atom stereocenters. The molecule has 0 aliphatic rings. The van der Waals surface area contributed by atoms with Gasteiger partial charge in [0.1, 0.15) is 0 Å². The predicted octanol–water partition coefficient (Wildman–Crippen LogP) is 2.12. The molecule has 0 aliphatic heterocycles. The summed E-state index contributed by atoms with van der Waals surface area (Å²) in [4.78, 5) is 3.44. The smallest absolute Gasteiger partial charge is 0.355 e. The summed E-state index contributed by atoms with van der Waals surface area (Å²) in [6.45, 7) is 5.50. The predicted molar refractivity (Wildman–Crippen MR) is 52.5 cm³/mol. The lowest BCUT2D eigenvalue weighted by molar-refractivity contribution is -0.358. The molecule has 2 N–H and O–H groups in total. The highest BCUT2D eigenvalue weighted by atomic mass is 19.4. The Labute approximate surface area is 91.6 Å². The molecule has 0 bridgehead atoms. The van der Waals surface area contributed by atoms with Crippen LogP contribution in [0.5, 0.6) is 0 Å². The van der Waals surface area contributed by atoms with Crippen LogP contribution in [0.2, 0.25) is 0 Å². The van der Waals surface area contributed by atoms with Crippen LogP contribution in [0.1, 0.15) is 25.0 Å². The molecular weight excluding hydrogens is 223 g/mol. The number of pyridine rings is 1. The fourth-order valence-electron chi connectivity index (χ4n) is 0.909. The van der Waals surface area contributed by atoms with Gasteiger partial charge in [0, 0.05) is 18.0 Å². The van der Waals surface area contributed by atoms with Crippen LogP contribution >= 0.6 is 0 Å². The maximum absolute atomic E-state index is 12.1. The van der Waals surface area contributed by atoms with Crippen molar-refractivity contribution in [3.63, 3.8) is 0 Å². The molecule has 0 amide bonds. The molecule has 1 aromatic rings. The third-order valence-corrected chi connectivity index (χ3v) is 1.67. The fourth-order valence-corrected chi connectivity index (χ4v) is 0.909. The first-order valence-electron chi connectivity index (χ1n) is 4.69. The van der Waals surface area contributed by atoms with E-state index >= 15 is 0 Å². The summed E-state index contributed by atoms with van der Waals surface area (Å²) >= 11 is 0. The van der Waals surface area contributed by atoms with Crippen LogP contribution in [-0.2, 0) is 5.79 Å². The van der Waals surface area contributed by atoms with Gasteiger partial charge in [0.2, 0.25) is 0 Å². The van der Waals surface area contributed by atoms with Crippen LogP contribution in [0, 0.1) is 6.92 Å². The molecule has 0 atom stereocenters. The number of hydrogen-bond donors (Lipinski definition) is 2. The van der Waals surface area contributed by atoms with Gasteiger partial charge >= 0.3 is 6.18 Å². The molecule has 1 aromatic heterocycles. The van der Waals surface area contributed by atoms with Gasteiger partial charge in [-0.15, -0.1) is 0 Å². The molecule has 1 heterocycles. The Hall–Kier alpha value is -1.14. The first-order chi connectivity index (χ1) is 7.25. The molecule has 0 spiro atoms. The largest absolute Gasteiger partial charge is 0.447 e. The highest BCUT2D eigenvalue weighted by molar-refractivity contribution is 5.22. The van der Waals surface area contributed by atoms with Gasteiger partial charge in [-0.2, -0.15) is 13.2 Å². The van der Waals surface area contributed by atoms with E-state index in [0.29, 0.717) is 5.56 Å². The van der Waals surface area contributed by atoms with Gasteiger partial charge in [-0.05, 0) is 18.6 Å². The molecular formula is C10H14F3NO2.